The van der Waals surface area contributed by atoms with E-state index in [2.05, 4.69) is 5.32 Å². The molecule has 25 heavy (non-hydrogen) atoms. The molecular formula is C17H21N3O5. The van der Waals surface area contributed by atoms with E-state index >= 15 is 0 Å². The summed E-state index contributed by atoms with van der Waals surface area (Å²) in [6.45, 7) is 2.36. The molecule has 1 heterocycles. The molecule has 4 amide bonds. The fourth-order valence-electron chi connectivity index (χ4n) is 2.34. The third kappa shape index (κ3) is 3.96. The second-order valence-corrected chi connectivity index (χ2v) is 5.96. The van der Waals surface area contributed by atoms with Crippen molar-refractivity contribution in [3.8, 4) is 0 Å². The van der Waals surface area contributed by atoms with Crippen molar-refractivity contribution in [3.05, 3.63) is 30.3 Å². The van der Waals surface area contributed by atoms with Crippen LogP contribution in [-0.4, -0.2) is 54.5 Å². The number of imide groups is 1. The van der Waals surface area contributed by atoms with E-state index in [0.717, 1.165) is 4.90 Å². The van der Waals surface area contributed by atoms with Crippen molar-refractivity contribution in [1.29, 1.82) is 0 Å². The number of benzene rings is 1. The van der Waals surface area contributed by atoms with Crippen molar-refractivity contribution in [2.24, 2.45) is 0 Å². The second-order valence-electron chi connectivity index (χ2n) is 5.96. The highest BCUT2D eigenvalue weighted by Crippen LogP contribution is 2.20. The van der Waals surface area contributed by atoms with E-state index in [9.17, 15) is 19.2 Å². The lowest BCUT2D eigenvalue weighted by Gasteiger charge is -2.19. The van der Waals surface area contributed by atoms with Gasteiger partial charge in [-0.1, -0.05) is 25.1 Å². The minimum Gasteiger partial charge on any atom is -0.454 e. The SMILES string of the molecule is CC[C@@]1(C)NC(=O)N(CC(=O)OCC(=O)N(C)c2ccccc2)C1=O. The Labute approximate surface area is 145 Å². The smallest absolute Gasteiger partial charge is 0.326 e. The summed E-state index contributed by atoms with van der Waals surface area (Å²) in [4.78, 5) is 50.1. The molecule has 0 bridgehead atoms. The average Bonchev–Trinajstić information content (AvgIpc) is 2.83. The van der Waals surface area contributed by atoms with Crippen LogP contribution in [-0.2, 0) is 19.1 Å². The van der Waals surface area contributed by atoms with Gasteiger partial charge in [0.1, 0.15) is 12.1 Å². The molecule has 0 saturated carbocycles. The van der Waals surface area contributed by atoms with Crippen molar-refractivity contribution in [1.82, 2.24) is 10.2 Å². The van der Waals surface area contributed by atoms with Crippen molar-refractivity contribution in [3.63, 3.8) is 0 Å². The van der Waals surface area contributed by atoms with Gasteiger partial charge in [-0.15, -0.1) is 0 Å². The summed E-state index contributed by atoms with van der Waals surface area (Å²) < 4.78 is 4.90. The van der Waals surface area contributed by atoms with Gasteiger partial charge >= 0.3 is 12.0 Å². The Kier molecular flexibility index (Phi) is 5.41. The van der Waals surface area contributed by atoms with Crippen LogP contribution in [0.3, 0.4) is 0 Å². The lowest BCUT2D eigenvalue weighted by atomic mass is 9.99. The van der Waals surface area contributed by atoms with Gasteiger partial charge in [0.15, 0.2) is 6.61 Å². The minimum absolute atomic E-state index is 0.406. The highest BCUT2D eigenvalue weighted by Gasteiger charge is 2.47. The number of hydrogen-bond acceptors (Lipinski definition) is 5. The first-order chi connectivity index (χ1) is 11.8. The predicted octanol–water partition coefficient (Wildman–Crippen LogP) is 0.913. The molecule has 1 N–H and O–H groups in total. The number of amides is 4. The molecule has 1 aliphatic rings. The van der Waals surface area contributed by atoms with Gasteiger partial charge in [-0.25, -0.2) is 4.79 Å². The van der Waals surface area contributed by atoms with Crippen LogP contribution in [0.2, 0.25) is 0 Å². The molecule has 0 radical (unpaired) electrons. The van der Waals surface area contributed by atoms with E-state index < -0.39 is 42.5 Å². The molecule has 1 atom stereocenters. The normalized spacial score (nSPS) is 19.6. The number of carbonyl (C=O) groups excluding carboxylic acids is 4. The van der Waals surface area contributed by atoms with E-state index in [-0.39, 0.29) is 0 Å². The van der Waals surface area contributed by atoms with Gasteiger partial charge in [0.2, 0.25) is 0 Å². The molecule has 1 saturated heterocycles. The number of nitrogens with zero attached hydrogens (tertiary/aromatic N) is 2. The maximum atomic E-state index is 12.2. The fraction of sp³-hybridized carbons (Fsp3) is 0.412. The summed E-state index contributed by atoms with van der Waals surface area (Å²) in [7, 11) is 1.57. The Morgan fingerprint density at radius 2 is 1.88 bits per heavy atom. The zero-order valence-corrected chi connectivity index (χ0v) is 14.4. The summed E-state index contributed by atoms with van der Waals surface area (Å²) in [5.41, 5.74) is -0.350. The second kappa shape index (κ2) is 7.33. The number of esters is 1. The number of rotatable bonds is 6. The van der Waals surface area contributed by atoms with Crippen molar-refractivity contribution < 1.29 is 23.9 Å². The predicted molar refractivity (Wildman–Crippen MR) is 89.8 cm³/mol. The molecule has 1 aliphatic heterocycles. The lowest BCUT2D eigenvalue weighted by Crippen LogP contribution is -2.43. The molecular weight excluding hydrogens is 326 g/mol. The minimum atomic E-state index is -1.01. The zero-order valence-electron chi connectivity index (χ0n) is 14.4. The van der Waals surface area contributed by atoms with E-state index in [4.69, 9.17) is 4.74 Å². The Morgan fingerprint density at radius 1 is 1.24 bits per heavy atom. The van der Waals surface area contributed by atoms with Crippen molar-refractivity contribution in [2.45, 2.75) is 25.8 Å². The summed E-state index contributed by atoms with van der Waals surface area (Å²) in [5, 5.41) is 2.54. The largest absolute Gasteiger partial charge is 0.454 e. The maximum Gasteiger partial charge on any atom is 0.326 e. The number of hydrogen-bond donors (Lipinski definition) is 1. The molecule has 0 unspecified atom stereocenters. The van der Waals surface area contributed by atoms with Crippen molar-refractivity contribution >= 4 is 29.5 Å². The molecule has 2 rings (SSSR count). The van der Waals surface area contributed by atoms with Crippen LogP contribution in [0, 0.1) is 0 Å². The fourth-order valence-corrected chi connectivity index (χ4v) is 2.34. The monoisotopic (exact) mass is 347 g/mol. The van der Waals surface area contributed by atoms with E-state index in [1.54, 1.807) is 45.2 Å². The Hall–Kier alpha value is -2.90. The van der Waals surface area contributed by atoms with Gasteiger partial charge in [-0.3, -0.25) is 19.3 Å². The van der Waals surface area contributed by atoms with E-state index in [1.807, 2.05) is 6.07 Å². The van der Waals surface area contributed by atoms with Gasteiger partial charge in [0.05, 0.1) is 0 Å². The molecule has 134 valence electrons. The third-order valence-corrected chi connectivity index (χ3v) is 4.21. The molecule has 0 aliphatic carbocycles. The number of urea groups is 1. The summed E-state index contributed by atoms with van der Waals surface area (Å²) in [5.74, 6) is -1.72. The highest BCUT2D eigenvalue weighted by molar-refractivity contribution is 6.08. The molecule has 0 aromatic heterocycles. The highest BCUT2D eigenvalue weighted by atomic mass is 16.5. The van der Waals surface area contributed by atoms with Crippen LogP contribution in [0.1, 0.15) is 20.3 Å². The average molecular weight is 347 g/mol. The summed E-state index contributed by atoms with van der Waals surface area (Å²) >= 11 is 0. The van der Waals surface area contributed by atoms with Crippen LogP contribution in [0.25, 0.3) is 0 Å². The Bertz CT molecular complexity index is 691. The van der Waals surface area contributed by atoms with Crippen LogP contribution in [0.4, 0.5) is 10.5 Å². The van der Waals surface area contributed by atoms with E-state index in [1.165, 1.54) is 4.90 Å². The van der Waals surface area contributed by atoms with Crippen LogP contribution in [0.15, 0.2) is 30.3 Å². The Balaban J connectivity index is 1.88. The first-order valence-corrected chi connectivity index (χ1v) is 7.90. The quantitative estimate of drug-likeness (QED) is 0.610. The number of nitrogens with one attached hydrogen (secondary N) is 1. The number of para-hydroxylation sites is 1. The number of carbonyl (C=O) groups is 4. The molecule has 1 aromatic rings. The van der Waals surface area contributed by atoms with Gasteiger partial charge in [0, 0.05) is 12.7 Å². The zero-order chi connectivity index (χ0) is 18.6. The number of likely N-dealkylation sites (N-methyl/N-ethyl adjacent to an activating group) is 1. The van der Waals surface area contributed by atoms with Gasteiger partial charge in [-0.05, 0) is 25.5 Å². The third-order valence-electron chi connectivity index (χ3n) is 4.21. The van der Waals surface area contributed by atoms with Crippen molar-refractivity contribution in [2.75, 3.05) is 25.1 Å². The maximum absolute atomic E-state index is 12.2. The van der Waals surface area contributed by atoms with E-state index in [0.29, 0.717) is 12.1 Å². The van der Waals surface area contributed by atoms with Crippen LogP contribution in [0.5, 0.6) is 0 Å². The first-order valence-electron chi connectivity index (χ1n) is 7.90. The molecule has 0 spiro atoms. The first kappa shape index (κ1) is 18.4. The summed E-state index contributed by atoms with van der Waals surface area (Å²) in [6, 6.07) is 8.25. The summed E-state index contributed by atoms with van der Waals surface area (Å²) in [6.07, 6.45) is 0.406. The van der Waals surface area contributed by atoms with Gasteiger partial charge in [-0.2, -0.15) is 0 Å². The standard InChI is InChI=1S/C17H21N3O5/c1-4-17(2)15(23)20(16(24)18-17)10-14(22)25-11-13(21)19(3)12-8-6-5-7-9-12/h5-9H,4,10-11H2,1-3H3,(H,18,24)/t17-/m1/s1. The lowest BCUT2D eigenvalue weighted by molar-refractivity contribution is -0.150. The van der Waals surface area contributed by atoms with Gasteiger partial charge < -0.3 is 15.0 Å². The van der Waals surface area contributed by atoms with Gasteiger partial charge in [0.25, 0.3) is 11.8 Å². The topological polar surface area (TPSA) is 96.0 Å². The number of ether oxygens (including phenoxy) is 1. The molecule has 8 nitrogen and oxygen atoms in total. The molecule has 1 aromatic carbocycles. The van der Waals surface area contributed by atoms with Crippen LogP contribution >= 0.6 is 0 Å². The molecule has 8 heteroatoms. The molecule has 1 fully saturated rings. The van der Waals surface area contributed by atoms with Crippen LogP contribution < -0.4 is 10.2 Å². The number of anilines is 1. The Morgan fingerprint density at radius 3 is 2.44 bits per heavy atom.